The number of halogens is 2. The molecule has 0 bridgehead atoms. The fourth-order valence-electron chi connectivity index (χ4n) is 2.21. The maximum absolute atomic E-state index is 13.2. The Morgan fingerprint density at radius 2 is 2.00 bits per heavy atom. The third kappa shape index (κ3) is 4.23. The Morgan fingerprint density at radius 1 is 1.33 bits per heavy atom. The number of aliphatic hydroxyl groups is 1. The van der Waals surface area contributed by atoms with Gasteiger partial charge in [-0.3, -0.25) is 4.90 Å². The normalized spacial score (nSPS) is 11.5. The van der Waals surface area contributed by atoms with Gasteiger partial charge in [0.1, 0.15) is 5.82 Å². The van der Waals surface area contributed by atoms with Crippen LogP contribution in [0.3, 0.4) is 0 Å². The third-order valence-corrected chi connectivity index (χ3v) is 3.60. The second-order valence-electron chi connectivity index (χ2n) is 4.40. The minimum atomic E-state index is -0.275. The minimum Gasteiger partial charge on any atom is -0.395 e. The monoisotopic (exact) mass is 273 g/mol. The Bertz CT molecular complexity index is 369. The number of aliphatic hydroxyl groups excluding tert-OH is 1. The highest BCUT2D eigenvalue weighted by molar-refractivity contribution is 6.31. The molecule has 4 heteroatoms. The molecule has 2 nitrogen and oxygen atoms in total. The van der Waals surface area contributed by atoms with Crippen molar-refractivity contribution in [3.8, 4) is 0 Å². The summed E-state index contributed by atoms with van der Waals surface area (Å²) in [6, 6.07) is 4.79. The van der Waals surface area contributed by atoms with Gasteiger partial charge in [-0.1, -0.05) is 25.4 Å². The SMILES string of the molecule is CCC(CC)N(CCO)Cc1cc(F)ccc1Cl. The van der Waals surface area contributed by atoms with Crippen LogP contribution >= 0.6 is 11.6 Å². The first-order valence-corrected chi connectivity index (χ1v) is 6.79. The molecule has 0 aliphatic rings. The van der Waals surface area contributed by atoms with Gasteiger partial charge in [0.2, 0.25) is 0 Å². The zero-order valence-corrected chi connectivity index (χ0v) is 11.8. The van der Waals surface area contributed by atoms with Gasteiger partial charge in [0, 0.05) is 24.2 Å². The van der Waals surface area contributed by atoms with Gasteiger partial charge in [-0.25, -0.2) is 4.39 Å². The van der Waals surface area contributed by atoms with Crippen molar-refractivity contribution in [2.45, 2.75) is 39.3 Å². The van der Waals surface area contributed by atoms with Gasteiger partial charge in [0.15, 0.2) is 0 Å². The summed E-state index contributed by atoms with van der Waals surface area (Å²) in [4.78, 5) is 2.15. The van der Waals surface area contributed by atoms with Gasteiger partial charge in [-0.2, -0.15) is 0 Å². The van der Waals surface area contributed by atoms with E-state index in [2.05, 4.69) is 18.7 Å². The topological polar surface area (TPSA) is 23.5 Å². The summed E-state index contributed by atoms with van der Waals surface area (Å²) in [5.74, 6) is -0.275. The molecule has 102 valence electrons. The summed E-state index contributed by atoms with van der Waals surface area (Å²) >= 11 is 6.08. The molecule has 0 aromatic heterocycles. The summed E-state index contributed by atoms with van der Waals surface area (Å²) in [6.07, 6.45) is 2.01. The largest absolute Gasteiger partial charge is 0.395 e. The fourth-order valence-corrected chi connectivity index (χ4v) is 2.38. The zero-order valence-electron chi connectivity index (χ0n) is 11.0. The van der Waals surface area contributed by atoms with E-state index >= 15 is 0 Å². The maximum atomic E-state index is 13.2. The molecule has 0 amide bonds. The predicted molar refractivity (Wildman–Crippen MR) is 73.3 cm³/mol. The molecule has 18 heavy (non-hydrogen) atoms. The molecule has 1 N–H and O–H groups in total. The summed E-state index contributed by atoms with van der Waals surface area (Å²) < 4.78 is 13.2. The smallest absolute Gasteiger partial charge is 0.123 e. The minimum absolute atomic E-state index is 0.101. The first-order chi connectivity index (χ1) is 8.62. The van der Waals surface area contributed by atoms with Crippen molar-refractivity contribution in [2.24, 2.45) is 0 Å². The molecule has 1 aromatic carbocycles. The molecular weight excluding hydrogens is 253 g/mol. The lowest BCUT2D eigenvalue weighted by atomic mass is 10.1. The number of rotatable bonds is 7. The Morgan fingerprint density at radius 3 is 2.56 bits per heavy atom. The van der Waals surface area contributed by atoms with Crippen LogP contribution in [0, 0.1) is 5.82 Å². The Balaban J connectivity index is 2.85. The average Bonchev–Trinajstić information content (AvgIpc) is 2.35. The van der Waals surface area contributed by atoms with Gasteiger partial charge in [-0.15, -0.1) is 0 Å². The van der Waals surface area contributed by atoms with Gasteiger partial charge >= 0.3 is 0 Å². The highest BCUT2D eigenvalue weighted by atomic mass is 35.5. The molecule has 0 radical (unpaired) electrons. The van der Waals surface area contributed by atoms with E-state index in [1.807, 2.05) is 0 Å². The molecule has 0 unspecified atom stereocenters. The first-order valence-electron chi connectivity index (χ1n) is 6.41. The lowest BCUT2D eigenvalue weighted by Gasteiger charge is -2.30. The van der Waals surface area contributed by atoms with Gasteiger partial charge < -0.3 is 5.11 Å². The molecule has 1 rings (SSSR count). The molecule has 0 atom stereocenters. The van der Waals surface area contributed by atoms with Crippen molar-refractivity contribution < 1.29 is 9.50 Å². The van der Waals surface area contributed by atoms with E-state index in [4.69, 9.17) is 16.7 Å². The molecular formula is C14H21ClFNO. The molecule has 0 fully saturated rings. The van der Waals surface area contributed by atoms with E-state index in [-0.39, 0.29) is 12.4 Å². The van der Waals surface area contributed by atoms with Crippen LogP contribution in [0.25, 0.3) is 0 Å². The van der Waals surface area contributed by atoms with E-state index in [1.54, 1.807) is 6.07 Å². The number of hydrogen-bond donors (Lipinski definition) is 1. The molecule has 0 aliphatic carbocycles. The molecule has 0 heterocycles. The number of hydrogen-bond acceptors (Lipinski definition) is 2. The van der Waals surface area contributed by atoms with Crippen LogP contribution in [0.5, 0.6) is 0 Å². The van der Waals surface area contributed by atoms with Gasteiger partial charge in [-0.05, 0) is 36.6 Å². The van der Waals surface area contributed by atoms with Gasteiger partial charge in [0.05, 0.1) is 6.61 Å². The molecule has 0 saturated heterocycles. The van der Waals surface area contributed by atoms with Crippen molar-refractivity contribution >= 4 is 11.6 Å². The molecule has 0 aliphatic heterocycles. The van der Waals surface area contributed by atoms with Crippen LogP contribution < -0.4 is 0 Å². The van der Waals surface area contributed by atoms with Crippen molar-refractivity contribution in [3.05, 3.63) is 34.6 Å². The van der Waals surface area contributed by atoms with Crippen molar-refractivity contribution in [1.29, 1.82) is 0 Å². The van der Waals surface area contributed by atoms with Crippen molar-refractivity contribution in [2.75, 3.05) is 13.2 Å². The standard InChI is InChI=1S/C14H21ClFNO/c1-3-13(4-2)17(7-8-18)10-11-9-12(16)5-6-14(11)15/h5-6,9,13,18H,3-4,7-8,10H2,1-2H3. The molecule has 1 aromatic rings. The van der Waals surface area contributed by atoms with Crippen molar-refractivity contribution in [1.82, 2.24) is 4.90 Å². The van der Waals surface area contributed by atoms with E-state index in [0.717, 1.165) is 18.4 Å². The van der Waals surface area contributed by atoms with Crippen LogP contribution in [0.2, 0.25) is 5.02 Å². The van der Waals surface area contributed by atoms with E-state index in [1.165, 1.54) is 12.1 Å². The Labute approximate surface area is 113 Å². The van der Waals surface area contributed by atoms with Crippen LogP contribution in [-0.4, -0.2) is 29.2 Å². The molecule has 0 saturated carbocycles. The highest BCUT2D eigenvalue weighted by Crippen LogP contribution is 2.21. The van der Waals surface area contributed by atoms with E-state index in [9.17, 15) is 4.39 Å². The second-order valence-corrected chi connectivity index (χ2v) is 4.81. The Kier molecular flexibility index (Phi) is 6.61. The van der Waals surface area contributed by atoms with Crippen LogP contribution in [0.15, 0.2) is 18.2 Å². The molecule has 0 spiro atoms. The lowest BCUT2D eigenvalue weighted by molar-refractivity contribution is 0.136. The fraction of sp³-hybridized carbons (Fsp3) is 0.571. The third-order valence-electron chi connectivity index (χ3n) is 3.23. The van der Waals surface area contributed by atoms with Gasteiger partial charge in [0.25, 0.3) is 0 Å². The predicted octanol–water partition coefficient (Wildman–Crippen LogP) is 3.46. The van der Waals surface area contributed by atoms with Crippen LogP contribution in [-0.2, 0) is 6.54 Å². The highest BCUT2D eigenvalue weighted by Gasteiger charge is 2.16. The lowest BCUT2D eigenvalue weighted by Crippen LogP contribution is -2.36. The first kappa shape index (κ1) is 15.4. The summed E-state index contributed by atoms with van der Waals surface area (Å²) in [7, 11) is 0. The van der Waals surface area contributed by atoms with Crippen molar-refractivity contribution in [3.63, 3.8) is 0 Å². The van der Waals surface area contributed by atoms with E-state index in [0.29, 0.717) is 24.2 Å². The number of nitrogens with zero attached hydrogens (tertiary/aromatic N) is 1. The van der Waals surface area contributed by atoms with Crippen LogP contribution in [0.4, 0.5) is 4.39 Å². The van der Waals surface area contributed by atoms with Crippen LogP contribution in [0.1, 0.15) is 32.3 Å². The summed E-state index contributed by atoms with van der Waals surface area (Å²) in [5, 5.41) is 9.70. The average molecular weight is 274 g/mol. The van der Waals surface area contributed by atoms with E-state index < -0.39 is 0 Å². The number of benzene rings is 1. The Hall–Kier alpha value is -0.640. The second kappa shape index (κ2) is 7.72. The summed E-state index contributed by atoms with van der Waals surface area (Å²) in [5.41, 5.74) is 0.775. The maximum Gasteiger partial charge on any atom is 0.123 e. The summed E-state index contributed by atoms with van der Waals surface area (Å²) in [6.45, 7) is 5.49. The zero-order chi connectivity index (χ0) is 13.5. The quantitative estimate of drug-likeness (QED) is 0.822.